The number of carbonyl (C=O) groups excluding carboxylic acids is 2. The van der Waals surface area contributed by atoms with E-state index in [1.165, 1.54) is 37.4 Å². The maximum absolute atomic E-state index is 12.2. The third-order valence-electron chi connectivity index (χ3n) is 4.08. The van der Waals surface area contributed by atoms with Crippen molar-refractivity contribution in [3.05, 3.63) is 88.5 Å². The van der Waals surface area contributed by atoms with Crippen LogP contribution in [-0.2, 0) is 9.53 Å². The van der Waals surface area contributed by atoms with Gasteiger partial charge in [-0.25, -0.2) is 4.79 Å². The van der Waals surface area contributed by atoms with Gasteiger partial charge in [-0.05, 0) is 48.5 Å². The zero-order chi connectivity index (χ0) is 22.2. The molecule has 1 amide bonds. The number of ether oxygens (including phenoxy) is 3. The first-order valence-electron chi connectivity index (χ1n) is 9.08. The van der Waals surface area contributed by atoms with Crippen molar-refractivity contribution in [1.82, 2.24) is 0 Å². The number of hydrogen-bond donors (Lipinski definition) is 1. The molecule has 9 heteroatoms. The average molecular weight is 422 g/mol. The van der Waals surface area contributed by atoms with Gasteiger partial charge in [-0.3, -0.25) is 14.9 Å². The first kappa shape index (κ1) is 21.3. The number of rotatable bonds is 8. The van der Waals surface area contributed by atoms with Crippen LogP contribution in [0.15, 0.2) is 72.8 Å². The molecule has 1 N–H and O–H groups in total. The summed E-state index contributed by atoms with van der Waals surface area (Å²) in [6, 6.07) is 19.3. The molecule has 0 spiro atoms. The van der Waals surface area contributed by atoms with Crippen LogP contribution in [0.3, 0.4) is 0 Å². The molecular formula is C22H18N2O7. The highest BCUT2D eigenvalue weighted by atomic mass is 16.6. The maximum Gasteiger partial charge on any atom is 0.338 e. The van der Waals surface area contributed by atoms with E-state index in [2.05, 4.69) is 5.32 Å². The highest BCUT2D eigenvalue weighted by Crippen LogP contribution is 2.29. The SMILES string of the molecule is COc1ccc(NC(=O)COC(=O)c2ccc(Oc3ccccc3)cc2)c([N+](=O)[O-])c1. The van der Waals surface area contributed by atoms with Crippen LogP contribution in [0.25, 0.3) is 0 Å². The van der Waals surface area contributed by atoms with Gasteiger partial charge in [0.25, 0.3) is 11.6 Å². The van der Waals surface area contributed by atoms with Crippen LogP contribution >= 0.6 is 0 Å². The van der Waals surface area contributed by atoms with Crippen LogP contribution in [0.1, 0.15) is 10.4 Å². The van der Waals surface area contributed by atoms with E-state index in [4.69, 9.17) is 14.2 Å². The second-order valence-electron chi connectivity index (χ2n) is 6.20. The fourth-order valence-corrected chi connectivity index (χ4v) is 2.58. The predicted molar refractivity (Wildman–Crippen MR) is 112 cm³/mol. The molecule has 0 aliphatic rings. The predicted octanol–water partition coefficient (Wildman–Crippen LogP) is 4.19. The first-order valence-corrected chi connectivity index (χ1v) is 9.08. The highest BCUT2D eigenvalue weighted by Gasteiger charge is 2.18. The maximum atomic E-state index is 12.2. The second-order valence-corrected chi connectivity index (χ2v) is 6.20. The van der Waals surface area contributed by atoms with Crippen molar-refractivity contribution < 1.29 is 28.7 Å². The number of benzene rings is 3. The molecule has 31 heavy (non-hydrogen) atoms. The van der Waals surface area contributed by atoms with Crippen molar-refractivity contribution in [1.29, 1.82) is 0 Å². The number of anilines is 1. The van der Waals surface area contributed by atoms with Crippen LogP contribution in [0.2, 0.25) is 0 Å². The Morgan fingerprint density at radius 1 is 0.935 bits per heavy atom. The van der Waals surface area contributed by atoms with E-state index in [9.17, 15) is 19.7 Å². The molecule has 0 atom stereocenters. The quantitative estimate of drug-likeness (QED) is 0.329. The molecular weight excluding hydrogens is 404 g/mol. The molecule has 0 radical (unpaired) electrons. The second kappa shape index (κ2) is 9.88. The topological polar surface area (TPSA) is 117 Å². The zero-order valence-corrected chi connectivity index (χ0v) is 16.4. The molecule has 0 aliphatic heterocycles. The summed E-state index contributed by atoms with van der Waals surface area (Å²) in [6.07, 6.45) is 0. The number of nitrogens with zero attached hydrogens (tertiary/aromatic N) is 1. The molecule has 0 fully saturated rings. The van der Waals surface area contributed by atoms with E-state index in [1.54, 1.807) is 24.3 Å². The van der Waals surface area contributed by atoms with Gasteiger partial charge in [0.1, 0.15) is 22.9 Å². The van der Waals surface area contributed by atoms with Crippen LogP contribution in [0, 0.1) is 10.1 Å². The van der Waals surface area contributed by atoms with Crippen molar-refractivity contribution in [2.24, 2.45) is 0 Å². The summed E-state index contributed by atoms with van der Waals surface area (Å²) >= 11 is 0. The summed E-state index contributed by atoms with van der Waals surface area (Å²) in [5, 5.41) is 13.5. The van der Waals surface area contributed by atoms with Gasteiger partial charge in [-0.1, -0.05) is 18.2 Å². The Morgan fingerprint density at radius 3 is 2.23 bits per heavy atom. The average Bonchev–Trinajstić information content (AvgIpc) is 2.78. The number of nitro benzene ring substituents is 1. The van der Waals surface area contributed by atoms with E-state index < -0.39 is 23.4 Å². The Kier molecular flexibility index (Phi) is 6.79. The standard InChI is InChI=1S/C22H18N2O7/c1-29-18-11-12-19(20(13-18)24(27)28)23-21(25)14-30-22(26)15-7-9-17(10-8-15)31-16-5-3-2-4-6-16/h2-13H,14H2,1H3,(H,23,25). The molecule has 0 aromatic heterocycles. The molecule has 0 aliphatic carbocycles. The van der Waals surface area contributed by atoms with Crippen molar-refractivity contribution in [3.63, 3.8) is 0 Å². The zero-order valence-electron chi connectivity index (χ0n) is 16.4. The normalized spacial score (nSPS) is 10.1. The summed E-state index contributed by atoms with van der Waals surface area (Å²) in [5.41, 5.74) is -0.147. The fraction of sp³-hybridized carbons (Fsp3) is 0.0909. The number of hydrogen-bond acceptors (Lipinski definition) is 7. The molecule has 0 unspecified atom stereocenters. The van der Waals surface area contributed by atoms with Gasteiger partial charge in [-0.15, -0.1) is 0 Å². The minimum Gasteiger partial charge on any atom is -0.496 e. The van der Waals surface area contributed by atoms with Gasteiger partial charge in [0.15, 0.2) is 6.61 Å². The Hall–Kier alpha value is -4.40. The Balaban J connectivity index is 1.56. The monoisotopic (exact) mass is 422 g/mol. The van der Waals surface area contributed by atoms with Gasteiger partial charge in [0, 0.05) is 0 Å². The van der Waals surface area contributed by atoms with Crippen LogP contribution in [0.4, 0.5) is 11.4 Å². The number of methoxy groups -OCH3 is 1. The number of amides is 1. The largest absolute Gasteiger partial charge is 0.496 e. The molecule has 3 rings (SSSR count). The van der Waals surface area contributed by atoms with Gasteiger partial charge in [0.2, 0.25) is 0 Å². The molecule has 0 saturated heterocycles. The summed E-state index contributed by atoms with van der Waals surface area (Å²) in [6.45, 7) is -0.607. The van der Waals surface area contributed by atoms with E-state index in [0.717, 1.165) is 0 Å². The van der Waals surface area contributed by atoms with Gasteiger partial charge in [0.05, 0.1) is 23.7 Å². The first-order chi connectivity index (χ1) is 15.0. The number of para-hydroxylation sites is 1. The van der Waals surface area contributed by atoms with Crippen LogP contribution in [0.5, 0.6) is 17.2 Å². The van der Waals surface area contributed by atoms with E-state index in [0.29, 0.717) is 11.5 Å². The number of nitrogens with one attached hydrogen (secondary N) is 1. The highest BCUT2D eigenvalue weighted by molar-refractivity contribution is 5.97. The lowest BCUT2D eigenvalue weighted by Crippen LogP contribution is -2.21. The smallest absolute Gasteiger partial charge is 0.338 e. The number of carbonyl (C=O) groups is 2. The third kappa shape index (κ3) is 5.80. The van der Waals surface area contributed by atoms with E-state index in [1.807, 2.05) is 18.2 Å². The molecule has 3 aromatic carbocycles. The minimum absolute atomic E-state index is 0.0331. The summed E-state index contributed by atoms with van der Waals surface area (Å²) < 4.78 is 15.6. The molecule has 0 saturated carbocycles. The van der Waals surface area contributed by atoms with Gasteiger partial charge >= 0.3 is 5.97 Å². The van der Waals surface area contributed by atoms with E-state index >= 15 is 0 Å². The lowest BCUT2D eigenvalue weighted by molar-refractivity contribution is -0.384. The Bertz CT molecular complexity index is 1080. The van der Waals surface area contributed by atoms with Crippen molar-refractivity contribution >= 4 is 23.3 Å². The van der Waals surface area contributed by atoms with Gasteiger partial charge in [-0.2, -0.15) is 0 Å². The Labute approximate surface area is 177 Å². The number of nitro groups is 1. The fourth-order valence-electron chi connectivity index (χ4n) is 2.58. The van der Waals surface area contributed by atoms with Crippen LogP contribution < -0.4 is 14.8 Å². The lowest BCUT2D eigenvalue weighted by Gasteiger charge is -2.09. The molecule has 158 valence electrons. The van der Waals surface area contributed by atoms with Gasteiger partial charge < -0.3 is 19.5 Å². The van der Waals surface area contributed by atoms with Crippen molar-refractivity contribution in [2.45, 2.75) is 0 Å². The molecule has 0 heterocycles. The third-order valence-corrected chi connectivity index (χ3v) is 4.08. The summed E-state index contributed by atoms with van der Waals surface area (Å²) in [7, 11) is 1.37. The lowest BCUT2D eigenvalue weighted by atomic mass is 10.2. The minimum atomic E-state index is -0.717. The summed E-state index contributed by atoms with van der Waals surface area (Å²) in [5.74, 6) is 0.0292. The van der Waals surface area contributed by atoms with E-state index in [-0.39, 0.29) is 22.7 Å². The summed E-state index contributed by atoms with van der Waals surface area (Å²) in [4.78, 5) is 34.8. The van der Waals surface area contributed by atoms with Crippen molar-refractivity contribution in [2.75, 3.05) is 19.0 Å². The van der Waals surface area contributed by atoms with Crippen LogP contribution in [-0.4, -0.2) is 30.5 Å². The Morgan fingerprint density at radius 2 is 1.58 bits per heavy atom. The molecule has 0 bridgehead atoms. The molecule has 3 aromatic rings. The molecule has 9 nitrogen and oxygen atoms in total. The van der Waals surface area contributed by atoms with Crippen molar-refractivity contribution in [3.8, 4) is 17.2 Å². The number of esters is 1.